The number of pyridine rings is 2. The smallest absolute Gasteiger partial charge is 0.279 e. The molecule has 2 atom stereocenters. The molecule has 6 rings (SSSR count). The quantitative estimate of drug-likeness (QED) is 0.202. The molecule has 0 saturated heterocycles. The fraction of sp³-hybridized carbons (Fsp3) is 0.189. The van der Waals surface area contributed by atoms with Gasteiger partial charge in [-0.15, -0.1) is 0 Å². The lowest BCUT2D eigenvalue weighted by Crippen LogP contribution is -2.42. The van der Waals surface area contributed by atoms with Gasteiger partial charge in [-0.25, -0.2) is 0 Å². The standard InChI is InChI=1S/C37H32Cl2N6O8/c1-40-34(50)26(24-18-42-10-12-44(16-20-6-4-8-22(38)14-20)36(52)28(42)32(48)30(24)46)27(35(51)41(2)3)25-19-43-11-13-45(17-21-7-5-9-23(39)15-21)37(53)29(43)33(49)31(25)47/h4-15,18-19,26-27,48-49H,16-17H2,1-3H3,(H,40,50). The Balaban J connectivity index is 1.52. The topological polar surface area (TPSA) is 177 Å². The Morgan fingerprint density at radius 2 is 1.15 bits per heavy atom. The average molecular weight is 760 g/mol. The lowest BCUT2D eigenvalue weighted by Gasteiger charge is -2.28. The summed E-state index contributed by atoms with van der Waals surface area (Å²) >= 11 is 12.2. The molecule has 16 heteroatoms. The second kappa shape index (κ2) is 14.5. The minimum Gasteiger partial charge on any atom is -0.503 e. The van der Waals surface area contributed by atoms with Crippen LogP contribution < -0.4 is 27.3 Å². The van der Waals surface area contributed by atoms with E-state index in [-0.39, 0.29) is 13.1 Å². The largest absolute Gasteiger partial charge is 0.503 e. The minimum atomic E-state index is -1.77. The van der Waals surface area contributed by atoms with E-state index in [1.165, 1.54) is 55.1 Å². The number of halogens is 2. The Hall–Kier alpha value is -6.12. The van der Waals surface area contributed by atoms with Crippen molar-refractivity contribution in [3.63, 3.8) is 0 Å². The van der Waals surface area contributed by atoms with Gasteiger partial charge in [0.2, 0.25) is 22.7 Å². The zero-order valence-corrected chi connectivity index (χ0v) is 30.0. The van der Waals surface area contributed by atoms with Crippen molar-refractivity contribution in [1.82, 2.24) is 28.2 Å². The number of hydrogen-bond donors (Lipinski definition) is 3. The van der Waals surface area contributed by atoms with Crippen LogP contribution in [0.2, 0.25) is 10.0 Å². The highest BCUT2D eigenvalue weighted by Gasteiger charge is 2.41. The van der Waals surface area contributed by atoms with Gasteiger partial charge in [0, 0.05) is 79.5 Å². The fourth-order valence-corrected chi connectivity index (χ4v) is 6.79. The molecule has 53 heavy (non-hydrogen) atoms. The molecule has 0 spiro atoms. The van der Waals surface area contributed by atoms with Crippen LogP contribution in [0.25, 0.3) is 11.0 Å². The predicted octanol–water partition coefficient (Wildman–Crippen LogP) is 2.75. The molecule has 0 radical (unpaired) electrons. The first kappa shape index (κ1) is 36.7. The zero-order valence-electron chi connectivity index (χ0n) is 28.5. The summed E-state index contributed by atoms with van der Waals surface area (Å²) in [7, 11) is 4.00. The maximum Gasteiger partial charge on any atom is 0.279 e. The van der Waals surface area contributed by atoms with Crippen molar-refractivity contribution in [2.24, 2.45) is 0 Å². The van der Waals surface area contributed by atoms with Crippen molar-refractivity contribution >= 4 is 46.0 Å². The number of rotatable bonds is 9. The van der Waals surface area contributed by atoms with Gasteiger partial charge in [-0.1, -0.05) is 47.5 Å². The van der Waals surface area contributed by atoms with Crippen LogP contribution in [0.4, 0.5) is 0 Å². The highest BCUT2D eigenvalue weighted by Crippen LogP contribution is 2.34. The zero-order chi connectivity index (χ0) is 38.3. The van der Waals surface area contributed by atoms with E-state index in [1.807, 2.05) is 0 Å². The molecule has 14 nitrogen and oxygen atoms in total. The van der Waals surface area contributed by atoms with Crippen LogP contribution in [0, 0.1) is 0 Å². The fourth-order valence-electron chi connectivity index (χ4n) is 6.37. The third kappa shape index (κ3) is 6.81. The van der Waals surface area contributed by atoms with Gasteiger partial charge >= 0.3 is 0 Å². The molecule has 272 valence electrons. The molecule has 6 aromatic rings. The molecule has 0 aliphatic rings. The van der Waals surface area contributed by atoms with Crippen LogP contribution in [0.3, 0.4) is 0 Å². The number of fused-ring (bicyclic) bond motifs is 2. The van der Waals surface area contributed by atoms with Crippen LogP contribution in [-0.2, 0) is 22.7 Å². The summed E-state index contributed by atoms with van der Waals surface area (Å²) in [5.74, 6) is -7.22. The van der Waals surface area contributed by atoms with Crippen LogP contribution in [0.15, 0.2) is 105 Å². The molecular formula is C37H32Cl2N6O8. The summed E-state index contributed by atoms with van der Waals surface area (Å²) in [5.41, 5.74) is -4.01. The van der Waals surface area contributed by atoms with E-state index in [0.29, 0.717) is 21.2 Å². The number of aromatic nitrogens is 4. The normalized spacial score (nSPS) is 12.5. The Labute approximate surface area is 309 Å². The second-order valence-electron chi connectivity index (χ2n) is 12.6. The van der Waals surface area contributed by atoms with E-state index in [0.717, 1.165) is 26.1 Å². The van der Waals surface area contributed by atoms with Crippen molar-refractivity contribution in [3.8, 4) is 11.5 Å². The molecule has 0 aliphatic heterocycles. The summed E-state index contributed by atoms with van der Waals surface area (Å²) in [6.45, 7) is 0.124. The van der Waals surface area contributed by atoms with E-state index in [2.05, 4.69) is 5.32 Å². The van der Waals surface area contributed by atoms with Crippen molar-refractivity contribution in [3.05, 3.63) is 159 Å². The number of hydrogen-bond acceptors (Lipinski definition) is 8. The van der Waals surface area contributed by atoms with Crippen molar-refractivity contribution in [2.75, 3.05) is 21.1 Å². The molecule has 0 bridgehead atoms. The van der Waals surface area contributed by atoms with Gasteiger partial charge in [0.25, 0.3) is 11.1 Å². The highest BCUT2D eigenvalue weighted by atomic mass is 35.5. The first-order valence-corrected chi connectivity index (χ1v) is 16.8. The van der Waals surface area contributed by atoms with Crippen molar-refractivity contribution < 1.29 is 19.8 Å². The Morgan fingerprint density at radius 3 is 1.55 bits per heavy atom. The number of amides is 2. The minimum absolute atomic E-state index is 0.0621. The lowest BCUT2D eigenvalue weighted by atomic mass is 9.80. The third-order valence-corrected chi connectivity index (χ3v) is 9.41. The molecule has 2 unspecified atom stereocenters. The van der Waals surface area contributed by atoms with Gasteiger partial charge < -0.3 is 38.4 Å². The molecule has 4 aromatic heterocycles. The molecule has 0 fully saturated rings. The number of benzene rings is 2. The van der Waals surface area contributed by atoms with Gasteiger partial charge in [0.15, 0.2) is 22.5 Å². The van der Waals surface area contributed by atoms with Gasteiger partial charge in [-0.2, -0.15) is 0 Å². The number of likely N-dealkylation sites (N-methyl/N-ethyl adjacent to an activating group) is 2. The number of aromatic hydroxyl groups is 2. The van der Waals surface area contributed by atoms with Crippen LogP contribution in [0.5, 0.6) is 11.5 Å². The lowest BCUT2D eigenvalue weighted by molar-refractivity contribution is -0.134. The van der Waals surface area contributed by atoms with Gasteiger partial charge in [0.1, 0.15) is 0 Å². The SMILES string of the molecule is CNC(=O)C(c1cn2ccn(Cc3cccc(Cl)c3)c(=O)c2c(O)c1=O)C(C(=O)N(C)C)c1cn2ccn(Cc3cccc(Cl)c3)c(=O)c2c(O)c1=O. The Kier molecular flexibility index (Phi) is 10.0. The maximum atomic E-state index is 14.0. The van der Waals surface area contributed by atoms with Crippen LogP contribution in [0.1, 0.15) is 34.1 Å². The number of nitrogens with one attached hydrogen (secondary N) is 1. The van der Waals surface area contributed by atoms with Crippen LogP contribution in [-0.4, -0.2) is 66.0 Å². The molecular weight excluding hydrogens is 727 g/mol. The summed E-state index contributed by atoms with van der Waals surface area (Å²) in [6, 6.07) is 13.6. The summed E-state index contributed by atoms with van der Waals surface area (Å²) in [4.78, 5) is 83.9. The molecule has 0 saturated carbocycles. The number of nitrogens with zero attached hydrogens (tertiary/aromatic N) is 5. The van der Waals surface area contributed by atoms with E-state index < -0.39 is 79.3 Å². The Bertz CT molecular complexity index is 2700. The first-order chi connectivity index (χ1) is 25.2. The second-order valence-corrected chi connectivity index (χ2v) is 13.4. The van der Waals surface area contributed by atoms with Crippen molar-refractivity contribution in [2.45, 2.75) is 24.9 Å². The molecule has 2 aromatic carbocycles. The van der Waals surface area contributed by atoms with Gasteiger partial charge in [-0.05, 0) is 35.4 Å². The van der Waals surface area contributed by atoms with Gasteiger partial charge in [-0.3, -0.25) is 28.8 Å². The highest BCUT2D eigenvalue weighted by molar-refractivity contribution is 6.30. The third-order valence-electron chi connectivity index (χ3n) is 8.94. The van der Waals surface area contributed by atoms with Crippen molar-refractivity contribution in [1.29, 1.82) is 0 Å². The number of carbonyl (C=O) groups is 2. The monoisotopic (exact) mass is 758 g/mol. The molecule has 2 amide bonds. The van der Waals surface area contributed by atoms with E-state index >= 15 is 0 Å². The van der Waals surface area contributed by atoms with E-state index in [4.69, 9.17) is 23.2 Å². The summed E-state index contributed by atoms with van der Waals surface area (Å²) in [6.07, 6.45) is 7.90. The Morgan fingerprint density at radius 1 is 0.717 bits per heavy atom. The first-order valence-electron chi connectivity index (χ1n) is 16.1. The summed E-state index contributed by atoms with van der Waals surface area (Å²) in [5, 5.41) is 25.8. The van der Waals surface area contributed by atoms with E-state index in [1.54, 1.807) is 48.5 Å². The predicted molar refractivity (Wildman–Crippen MR) is 199 cm³/mol. The maximum absolute atomic E-state index is 14.0. The molecule has 4 heterocycles. The van der Waals surface area contributed by atoms with Gasteiger partial charge in [0.05, 0.1) is 24.9 Å². The summed E-state index contributed by atoms with van der Waals surface area (Å²) < 4.78 is 4.84. The van der Waals surface area contributed by atoms with E-state index in [9.17, 15) is 39.0 Å². The molecule has 3 N–H and O–H groups in total. The average Bonchev–Trinajstić information content (AvgIpc) is 3.12. The van der Waals surface area contributed by atoms with Crippen LogP contribution >= 0.6 is 23.2 Å². The number of carbonyl (C=O) groups excluding carboxylic acids is 2. The molecule has 0 aliphatic carbocycles.